The molecule has 2 aromatic heterocycles. The maximum atomic E-state index is 12.0. The summed E-state index contributed by atoms with van der Waals surface area (Å²) in [6.45, 7) is 7.24. The minimum absolute atomic E-state index is 0.0506. The fourth-order valence-corrected chi connectivity index (χ4v) is 4.26. The lowest BCUT2D eigenvalue weighted by molar-refractivity contribution is 0.0500. The third-order valence-corrected chi connectivity index (χ3v) is 5.66. The number of carbonyl (C=O) groups excluding carboxylic acids is 1. The molecule has 0 saturated carbocycles. The van der Waals surface area contributed by atoms with Crippen molar-refractivity contribution in [3.8, 4) is 0 Å². The lowest BCUT2D eigenvalue weighted by Gasteiger charge is -2.34. The lowest BCUT2D eigenvalue weighted by atomic mass is 10.1. The summed E-state index contributed by atoms with van der Waals surface area (Å²) in [6, 6.07) is 2.09. The van der Waals surface area contributed by atoms with Crippen LogP contribution >= 0.6 is 30.3 Å². The van der Waals surface area contributed by atoms with Crippen LogP contribution in [0.5, 0.6) is 0 Å². The zero-order chi connectivity index (χ0) is 18.0. The standard InChI is InChI=1S/C16H22IN5O2S/c1-16(2,3)24-15(23)20-11-5-4-7-21(9-11)13-12-6-8-22(25-17)14(12)19-10-18-13/h6,8,10-11H,4-5,7,9H2,1-3H3,(H,20,23). The van der Waals surface area contributed by atoms with Gasteiger partial charge in [-0.25, -0.2) is 14.8 Å². The van der Waals surface area contributed by atoms with Crippen LogP contribution < -0.4 is 10.2 Å². The van der Waals surface area contributed by atoms with E-state index in [2.05, 4.69) is 41.4 Å². The summed E-state index contributed by atoms with van der Waals surface area (Å²) in [4.78, 5) is 23.1. The Hall–Kier alpha value is -1.23. The average Bonchev–Trinajstić information content (AvgIpc) is 2.96. The molecule has 0 radical (unpaired) electrons. The minimum Gasteiger partial charge on any atom is -0.444 e. The van der Waals surface area contributed by atoms with Gasteiger partial charge in [0.1, 0.15) is 17.7 Å². The molecule has 1 saturated heterocycles. The minimum atomic E-state index is -0.489. The molecule has 1 aliphatic heterocycles. The van der Waals surface area contributed by atoms with Gasteiger partial charge in [0.25, 0.3) is 0 Å². The number of amides is 1. The molecule has 1 N–H and O–H groups in total. The summed E-state index contributed by atoms with van der Waals surface area (Å²) in [5, 5.41) is 4.01. The Bertz CT molecular complexity index is 761. The smallest absolute Gasteiger partial charge is 0.407 e. The first kappa shape index (κ1) is 18.6. The number of aromatic nitrogens is 3. The van der Waals surface area contributed by atoms with Gasteiger partial charge in [-0.2, -0.15) is 0 Å². The predicted molar refractivity (Wildman–Crippen MR) is 109 cm³/mol. The largest absolute Gasteiger partial charge is 0.444 e. The van der Waals surface area contributed by atoms with Crippen LogP contribution in [0.3, 0.4) is 0 Å². The van der Waals surface area contributed by atoms with Crippen LogP contribution in [0.1, 0.15) is 33.6 Å². The van der Waals surface area contributed by atoms with Gasteiger partial charge in [-0.3, -0.25) is 3.97 Å². The number of rotatable bonds is 3. The number of fused-ring (bicyclic) bond motifs is 1. The second kappa shape index (κ2) is 7.56. The van der Waals surface area contributed by atoms with Gasteiger partial charge in [-0.15, -0.1) is 0 Å². The van der Waals surface area contributed by atoms with Gasteiger partial charge >= 0.3 is 6.09 Å². The number of hydrogen-bond acceptors (Lipinski definition) is 6. The number of nitrogens with one attached hydrogen (secondary N) is 1. The number of ether oxygens (including phenoxy) is 1. The van der Waals surface area contributed by atoms with Gasteiger partial charge in [0.15, 0.2) is 5.65 Å². The van der Waals surface area contributed by atoms with Gasteiger partial charge in [0, 0.05) is 55.7 Å². The van der Waals surface area contributed by atoms with Crippen molar-refractivity contribution in [3.05, 3.63) is 18.6 Å². The third kappa shape index (κ3) is 4.49. The van der Waals surface area contributed by atoms with Crippen molar-refractivity contribution in [2.24, 2.45) is 0 Å². The van der Waals surface area contributed by atoms with E-state index in [1.807, 2.05) is 37.0 Å². The Morgan fingerprint density at radius 1 is 1.44 bits per heavy atom. The molecule has 0 bridgehead atoms. The summed E-state index contributed by atoms with van der Waals surface area (Å²) >= 11 is 2.24. The molecular weight excluding hydrogens is 453 g/mol. The number of halogens is 1. The molecule has 25 heavy (non-hydrogen) atoms. The number of piperidine rings is 1. The van der Waals surface area contributed by atoms with Crippen molar-refractivity contribution < 1.29 is 9.53 Å². The molecule has 2 aromatic rings. The fraction of sp³-hybridized carbons (Fsp3) is 0.562. The van der Waals surface area contributed by atoms with Crippen LogP contribution in [-0.4, -0.2) is 44.8 Å². The Kier molecular flexibility index (Phi) is 5.62. The number of hydrogen-bond donors (Lipinski definition) is 1. The zero-order valence-corrected chi connectivity index (χ0v) is 17.5. The van der Waals surface area contributed by atoms with Crippen LogP contribution in [-0.2, 0) is 4.74 Å². The van der Waals surface area contributed by atoms with Gasteiger partial charge in [-0.1, -0.05) is 0 Å². The average molecular weight is 475 g/mol. The molecular formula is C16H22IN5O2S. The van der Waals surface area contributed by atoms with Crippen LogP contribution in [0, 0.1) is 0 Å². The molecule has 3 heterocycles. The predicted octanol–water partition coefficient (Wildman–Crippen LogP) is 3.77. The van der Waals surface area contributed by atoms with E-state index >= 15 is 0 Å². The van der Waals surface area contributed by atoms with E-state index in [9.17, 15) is 4.79 Å². The molecule has 1 aliphatic rings. The van der Waals surface area contributed by atoms with Crippen molar-refractivity contribution in [1.82, 2.24) is 19.3 Å². The van der Waals surface area contributed by atoms with Gasteiger partial charge in [-0.05, 0) is 39.7 Å². The molecule has 3 rings (SSSR count). The number of nitrogens with zero attached hydrogens (tertiary/aromatic N) is 4. The number of alkyl carbamates (subject to hydrolysis) is 1. The highest BCUT2D eigenvalue weighted by Gasteiger charge is 2.26. The molecule has 1 atom stereocenters. The quantitative estimate of drug-likeness (QED) is 0.682. The molecule has 1 unspecified atom stereocenters. The van der Waals surface area contributed by atoms with Crippen molar-refractivity contribution in [2.45, 2.75) is 45.3 Å². The molecule has 136 valence electrons. The summed E-state index contributed by atoms with van der Waals surface area (Å²) in [6.07, 6.45) is 5.17. The molecule has 9 heteroatoms. The van der Waals surface area contributed by atoms with Crippen molar-refractivity contribution in [1.29, 1.82) is 0 Å². The molecule has 0 aromatic carbocycles. The second-order valence-corrected chi connectivity index (χ2v) is 8.79. The monoisotopic (exact) mass is 475 g/mol. The fourth-order valence-electron chi connectivity index (χ4n) is 2.98. The first-order valence-electron chi connectivity index (χ1n) is 8.23. The maximum absolute atomic E-state index is 12.0. The van der Waals surface area contributed by atoms with Crippen LogP contribution in [0.25, 0.3) is 11.0 Å². The van der Waals surface area contributed by atoms with Crippen molar-refractivity contribution in [2.75, 3.05) is 18.0 Å². The van der Waals surface area contributed by atoms with Crippen molar-refractivity contribution in [3.63, 3.8) is 0 Å². The van der Waals surface area contributed by atoms with Crippen LogP contribution in [0.15, 0.2) is 18.6 Å². The molecule has 7 nitrogen and oxygen atoms in total. The Balaban J connectivity index is 1.74. The van der Waals surface area contributed by atoms with Crippen molar-refractivity contribution >= 4 is 53.3 Å². The van der Waals surface area contributed by atoms with Gasteiger partial charge in [0.05, 0.1) is 5.39 Å². The topological polar surface area (TPSA) is 72.3 Å². The molecule has 0 spiro atoms. The SMILES string of the molecule is CC(C)(C)OC(=O)NC1CCCN(c2ncnc3c2ccn3SI)C1. The highest BCUT2D eigenvalue weighted by Crippen LogP contribution is 2.30. The van der Waals surface area contributed by atoms with E-state index in [4.69, 9.17) is 4.74 Å². The van der Waals surface area contributed by atoms with E-state index in [0.29, 0.717) is 6.54 Å². The van der Waals surface area contributed by atoms with E-state index in [1.54, 1.807) is 15.4 Å². The first-order chi connectivity index (χ1) is 11.9. The summed E-state index contributed by atoms with van der Waals surface area (Å²) in [5.74, 6) is 0.921. The number of anilines is 1. The molecule has 1 amide bonds. The van der Waals surface area contributed by atoms with Gasteiger partial charge in [0.2, 0.25) is 0 Å². The summed E-state index contributed by atoms with van der Waals surface area (Å²) in [7, 11) is 1.58. The van der Waals surface area contributed by atoms with Crippen LogP contribution in [0.4, 0.5) is 10.6 Å². The lowest BCUT2D eigenvalue weighted by Crippen LogP contribution is -2.49. The highest BCUT2D eigenvalue weighted by molar-refractivity contribution is 14.2. The van der Waals surface area contributed by atoms with Crippen LogP contribution in [0.2, 0.25) is 0 Å². The van der Waals surface area contributed by atoms with E-state index in [0.717, 1.165) is 36.2 Å². The highest BCUT2D eigenvalue weighted by atomic mass is 127. The van der Waals surface area contributed by atoms with E-state index < -0.39 is 5.60 Å². The summed E-state index contributed by atoms with van der Waals surface area (Å²) in [5.41, 5.74) is 0.420. The van der Waals surface area contributed by atoms with Gasteiger partial charge < -0.3 is 15.0 Å². The zero-order valence-electron chi connectivity index (χ0n) is 14.5. The Morgan fingerprint density at radius 3 is 2.96 bits per heavy atom. The second-order valence-electron chi connectivity index (χ2n) is 7.08. The van der Waals surface area contributed by atoms with E-state index in [-0.39, 0.29) is 12.1 Å². The number of carbonyl (C=O) groups is 1. The van der Waals surface area contributed by atoms with E-state index in [1.165, 1.54) is 0 Å². The Morgan fingerprint density at radius 2 is 2.24 bits per heavy atom. The Labute approximate surface area is 163 Å². The third-order valence-electron chi connectivity index (χ3n) is 3.94. The molecule has 1 fully saturated rings. The molecule has 0 aliphatic carbocycles. The first-order valence-corrected chi connectivity index (χ1v) is 11.5. The maximum Gasteiger partial charge on any atom is 0.407 e. The normalized spacial score (nSPS) is 18.4. The summed E-state index contributed by atoms with van der Waals surface area (Å²) < 4.78 is 7.38.